The predicted molar refractivity (Wildman–Crippen MR) is 139 cm³/mol. The minimum atomic E-state index is -0.106. The average Bonchev–Trinajstić information content (AvgIpc) is 3.18. The zero-order valence-electron chi connectivity index (χ0n) is 20.1. The van der Waals surface area contributed by atoms with Gasteiger partial charge in [0.2, 0.25) is 0 Å². The van der Waals surface area contributed by atoms with E-state index in [1.54, 1.807) is 11.3 Å². The van der Waals surface area contributed by atoms with E-state index < -0.39 is 0 Å². The first-order valence-electron chi connectivity index (χ1n) is 12.1. The number of nitrogens with zero attached hydrogens (tertiary/aromatic N) is 3. The summed E-state index contributed by atoms with van der Waals surface area (Å²) in [7, 11) is 1.91. The van der Waals surface area contributed by atoms with Crippen molar-refractivity contribution in [1.82, 2.24) is 19.8 Å². The van der Waals surface area contributed by atoms with Gasteiger partial charge in [-0.25, -0.2) is 4.98 Å². The molecule has 4 aromatic rings. The molecule has 3 heterocycles. The lowest BCUT2D eigenvalue weighted by Gasteiger charge is -2.27. The van der Waals surface area contributed by atoms with Gasteiger partial charge in [0.05, 0.1) is 15.9 Å². The van der Waals surface area contributed by atoms with Gasteiger partial charge in [0, 0.05) is 31.0 Å². The highest BCUT2D eigenvalue weighted by atomic mass is 32.1. The van der Waals surface area contributed by atoms with Crippen LogP contribution in [0.25, 0.3) is 21.3 Å². The van der Waals surface area contributed by atoms with E-state index in [4.69, 9.17) is 0 Å². The van der Waals surface area contributed by atoms with Gasteiger partial charge in [-0.15, -0.1) is 11.3 Å². The van der Waals surface area contributed by atoms with Crippen molar-refractivity contribution in [2.24, 2.45) is 18.9 Å². The van der Waals surface area contributed by atoms with Crippen molar-refractivity contribution < 1.29 is 9.59 Å². The molecule has 1 aliphatic carbocycles. The van der Waals surface area contributed by atoms with Gasteiger partial charge in [0.15, 0.2) is 0 Å². The minimum Gasteiger partial charge on any atom is -0.349 e. The smallest absolute Gasteiger partial charge is 0.274 e. The van der Waals surface area contributed by atoms with Crippen LogP contribution in [0.1, 0.15) is 38.0 Å². The summed E-state index contributed by atoms with van der Waals surface area (Å²) in [6.45, 7) is 5.20. The summed E-state index contributed by atoms with van der Waals surface area (Å²) < 4.78 is 1.92. The Bertz CT molecular complexity index is 1470. The van der Waals surface area contributed by atoms with Gasteiger partial charge in [0.1, 0.15) is 11.4 Å². The number of thiazole rings is 1. The molecule has 2 aromatic heterocycles. The molecule has 2 fully saturated rings. The average molecular weight is 485 g/mol. The normalized spacial score (nSPS) is 20.8. The molecule has 0 radical (unpaired) electrons. The molecule has 1 N–H and O–H groups in total. The lowest BCUT2D eigenvalue weighted by Crippen LogP contribution is -2.46. The molecule has 35 heavy (non-hydrogen) atoms. The quantitative estimate of drug-likeness (QED) is 0.442. The number of aromatic nitrogens is 2. The molecule has 0 spiro atoms. The lowest BCUT2D eigenvalue weighted by atomic mass is 10.1. The molecule has 6 nitrogen and oxygen atoms in total. The number of fused-ring (bicyclic) bond motifs is 2. The highest BCUT2D eigenvalue weighted by molar-refractivity contribution is 7.15. The Kier molecular flexibility index (Phi) is 5.25. The maximum atomic E-state index is 13.8. The van der Waals surface area contributed by atoms with Crippen molar-refractivity contribution in [3.05, 3.63) is 76.6 Å². The molecule has 2 aromatic carbocycles. The fraction of sp³-hybridized carbons (Fsp3) is 0.321. The van der Waals surface area contributed by atoms with Crippen LogP contribution in [0.3, 0.4) is 0 Å². The first-order valence-corrected chi connectivity index (χ1v) is 12.9. The maximum Gasteiger partial charge on any atom is 0.274 e. The fourth-order valence-corrected chi connectivity index (χ4v) is 6.46. The van der Waals surface area contributed by atoms with Crippen LogP contribution >= 0.6 is 11.3 Å². The molecule has 7 heteroatoms. The SMILES string of the molecule is Cc1cccc(-c2sc(C)nc2C(=O)N2C[C@H]3C[C@H]3[C@H]2CNC(=O)c2cc3ccccc3n2C)c1. The number of para-hydroxylation sites is 1. The molecule has 178 valence electrons. The van der Waals surface area contributed by atoms with E-state index in [2.05, 4.69) is 29.4 Å². The number of aryl methyl sites for hydroxylation is 3. The Morgan fingerprint density at radius 1 is 1.11 bits per heavy atom. The van der Waals surface area contributed by atoms with Gasteiger partial charge in [-0.1, -0.05) is 48.0 Å². The number of amides is 2. The van der Waals surface area contributed by atoms with Crippen LogP contribution in [0.5, 0.6) is 0 Å². The summed E-state index contributed by atoms with van der Waals surface area (Å²) in [5, 5.41) is 5.05. The second kappa shape index (κ2) is 8.34. The molecule has 0 unspecified atom stereocenters. The number of carbonyl (C=O) groups excluding carboxylic acids is 2. The molecule has 1 aliphatic heterocycles. The number of hydrogen-bond donors (Lipinski definition) is 1. The third-order valence-corrected chi connectivity index (χ3v) is 8.46. The summed E-state index contributed by atoms with van der Waals surface area (Å²) in [5.74, 6) is 0.849. The standard InChI is InChI=1S/C28H28N4O2S/c1-16-7-6-9-19(11-16)26-25(30-17(2)35-26)28(34)32-15-20-12-21(20)24(32)14-29-27(33)23-13-18-8-4-5-10-22(18)31(23)3/h4-11,13,20-21,24H,12,14-15H2,1-3H3,(H,29,33)/t20-,21-,24-/m1/s1. The summed E-state index contributed by atoms with van der Waals surface area (Å²) in [6, 6.07) is 18.1. The highest BCUT2D eigenvalue weighted by Gasteiger charge is 2.54. The molecule has 3 atom stereocenters. The molecule has 0 bridgehead atoms. The zero-order valence-corrected chi connectivity index (χ0v) is 20.9. The van der Waals surface area contributed by atoms with Gasteiger partial charge >= 0.3 is 0 Å². The number of nitrogens with one attached hydrogen (secondary N) is 1. The second-order valence-corrected chi connectivity index (χ2v) is 11.0. The van der Waals surface area contributed by atoms with Crippen LogP contribution in [-0.2, 0) is 7.05 Å². The number of carbonyl (C=O) groups is 2. The van der Waals surface area contributed by atoms with Crippen molar-refractivity contribution in [2.75, 3.05) is 13.1 Å². The van der Waals surface area contributed by atoms with Crippen molar-refractivity contribution in [1.29, 1.82) is 0 Å². The number of rotatable bonds is 5. The highest BCUT2D eigenvalue weighted by Crippen LogP contribution is 2.50. The molecular formula is C28H28N4O2S. The fourth-order valence-electron chi connectivity index (χ4n) is 5.55. The predicted octanol–water partition coefficient (Wildman–Crippen LogP) is 4.81. The van der Waals surface area contributed by atoms with Crippen molar-refractivity contribution in [3.8, 4) is 10.4 Å². The van der Waals surface area contributed by atoms with Gasteiger partial charge in [0.25, 0.3) is 11.8 Å². The lowest BCUT2D eigenvalue weighted by molar-refractivity contribution is 0.0690. The van der Waals surface area contributed by atoms with E-state index in [1.807, 2.05) is 65.9 Å². The van der Waals surface area contributed by atoms with Crippen molar-refractivity contribution in [2.45, 2.75) is 26.3 Å². The topological polar surface area (TPSA) is 67.2 Å². The summed E-state index contributed by atoms with van der Waals surface area (Å²) in [6.07, 6.45) is 1.12. The Balaban J connectivity index is 1.23. The summed E-state index contributed by atoms with van der Waals surface area (Å²) in [5.41, 5.74) is 4.38. The minimum absolute atomic E-state index is 0.00139. The number of likely N-dealkylation sites (tertiary alicyclic amines) is 1. The Morgan fingerprint density at radius 2 is 1.94 bits per heavy atom. The largest absolute Gasteiger partial charge is 0.349 e. The molecule has 6 rings (SSSR count). The van der Waals surface area contributed by atoms with Gasteiger partial charge in [-0.05, 0) is 49.8 Å². The van der Waals surface area contributed by atoms with E-state index in [1.165, 1.54) is 0 Å². The van der Waals surface area contributed by atoms with Crippen LogP contribution in [-0.4, -0.2) is 45.4 Å². The Hall–Kier alpha value is -3.45. The zero-order chi connectivity index (χ0) is 24.3. The monoisotopic (exact) mass is 484 g/mol. The molecule has 1 saturated carbocycles. The number of hydrogen-bond acceptors (Lipinski definition) is 4. The Morgan fingerprint density at radius 3 is 2.74 bits per heavy atom. The summed E-state index contributed by atoms with van der Waals surface area (Å²) >= 11 is 1.56. The van der Waals surface area contributed by atoms with E-state index >= 15 is 0 Å². The molecule has 2 amide bonds. The van der Waals surface area contributed by atoms with Crippen molar-refractivity contribution >= 4 is 34.1 Å². The van der Waals surface area contributed by atoms with Gasteiger partial charge in [-0.3, -0.25) is 9.59 Å². The first kappa shape index (κ1) is 22.0. The third-order valence-electron chi connectivity index (χ3n) is 7.44. The van der Waals surface area contributed by atoms with Crippen LogP contribution in [0.15, 0.2) is 54.6 Å². The molecule has 2 aliphatic rings. The van der Waals surface area contributed by atoms with Crippen LogP contribution in [0.2, 0.25) is 0 Å². The van der Waals surface area contributed by atoms with Crippen LogP contribution in [0, 0.1) is 25.7 Å². The van der Waals surface area contributed by atoms with E-state index in [0.717, 1.165) is 44.9 Å². The second-order valence-electron chi connectivity index (χ2n) is 9.82. The third kappa shape index (κ3) is 3.84. The van der Waals surface area contributed by atoms with Gasteiger partial charge < -0.3 is 14.8 Å². The molecule has 1 saturated heterocycles. The molecular weight excluding hydrogens is 456 g/mol. The van der Waals surface area contributed by atoms with E-state index in [9.17, 15) is 9.59 Å². The van der Waals surface area contributed by atoms with E-state index in [0.29, 0.717) is 29.8 Å². The number of piperidine rings is 1. The summed E-state index contributed by atoms with van der Waals surface area (Å²) in [4.78, 5) is 34.4. The first-order chi connectivity index (χ1) is 16.9. The van der Waals surface area contributed by atoms with Crippen molar-refractivity contribution in [3.63, 3.8) is 0 Å². The Labute approximate surface area is 208 Å². The van der Waals surface area contributed by atoms with Gasteiger partial charge in [-0.2, -0.15) is 0 Å². The number of benzene rings is 2. The van der Waals surface area contributed by atoms with Crippen LogP contribution < -0.4 is 5.32 Å². The van der Waals surface area contributed by atoms with Crippen LogP contribution in [0.4, 0.5) is 0 Å². The van der Waals surface area contributed by atoms with E-state index in [-0.39, 0.29) is 17.9 Å². The maximum absolute atomic E-state index is 13.8.